The van der Waals surface area contributed by atoms with Gasteiger partial charge in [-0.2, -0.15) is 5.10 Å². The second-order valence-corrected chi connectivity index (χ2v) is 2.34. The molecule has 1 aromatic rings. The molecule has 1 amide bonds. The second kappa shape index (κ2) is 2.89. The number of aromatic nitrogens is 2. The second-order valence-electron chi connectivity index (χ2n) is 1.95. The number of hydrogen-bond donors (Lipinski definition) is 2. The number of nitrogen functional groups attached to an aromatic ring is 1. The molecule has 0 saturated heterocycles. The third-order valence-electron chi connectivity index (χ3n) is 1.19. The number of aryl methyl sites for hydroxylation is 1. The number of carbonyl (C=O) groups is 1. The van der Waals surface area contributed by atoms with Crippen LogP contribution in [0.25, 0.3) is 0 Å². The highest BCUT2D eigenvalue weighted by Gasteiger charge is 2.08. The standard InChI is InChI=1S/C5H7ClN4O/c1-10-4(6)2-3(9-10)5(11)8-7/h2H,7H2,1H3,(H,8,11). The van der Waals surface area contributed by atoms with Crippen molar-refractivity contribution < 1.29 is 4.79 Å². The van der Waals surface area contributed by atoms with Gasteiger partial charge in [-0.1, -0.05) is 11.6 Å². The van der Waals surface area contributed by atoms with Crippen LogP contribution in [-0.4, -0.2) is 15.7 Å². The summed E-state index contributed by atoms with van der Waals surface area (Å²) in [5.41, 5.74) is 2.16. The van der Waals surface area contributed by atoms with Crippen LogP contribution in [0.15, 0.2) is 6.07 Å². The Hall–Kier alpha value is -1.07. The summed E-state index contributed by atoms with van der Waals surface area (Å²) in [6, 6.07) is 1.43. The summed E-state index contributed by atoms with van der Waals surface area (Å²) in [6.07, 6.45) is 0. The lowest BCUT2D eigenvalue weighted by Gasteiger charge is -1.90. The Morgan fingerprint density at radius 2 is 2.55 bits per heavy atom. The van der Waals surface area contributed by atoms with Crippen LogP contribution in [0.2, 0.25) is 5.15 Å². The van der Waals surface area contributed by atoms with Gasteiger partial charge in [0.1, 0.15) is 5.15 Å². The van der Waals surface area contributed by atoms with Crippen LogP contribution in [0.5, 0.6) is 0 Å². The number of amides is 1. The van der Waals surface area contributed by atoms with Crippen molar-refractivity contribution in [3.8, 4) is 0 Å². The molecule has 3 N–H and O–H groups in total. The summed E-state index contributed by atoms with van der Waals surface area (Å²) in [5.74, 6) is 4.42. The molecule has 0 aromatic carbocycles. The highest BCUT2D eigenvalue weighted by atomic mass is 35.5. The van der Waals surface area contributed by atoms with E-state index in [0.717, 1.165) is 0 Å². The number of nitrogens with two attached hydrogens (primary N) is 1. The SMILES string of the molecule is Cn1nc(C(=O)NN)cc1Cl. The van der Waals surface area contributed by atoms with Crippen molar-refractivity contribution >= 4 is 17.5 Å². The van der Waals surface area contributed by atoms with Crippen LogP contribution in [0.4, 0.5) is 0 Å². The minimum atomic E-state index is -0.451. The van der Waals surface area contributed by atoms with Crippen molar-refractivity contribution in [2.75, 3.05) is 0 Å². The molecule has 0 atom stereocenters. The number of rotatable bonds is 1. The van der Waals surface area contributed by atoms with Crippen LogP contribution in [0.3, 0.4) is 0 Å². The normalized spacial score (nSPS) is 9.73. The Kier molecular flexibility index (Phi) is 2.11. The predicted octanol–water partition coefficient (Wildman–Crippen LogP) is -0.323. The number of hydrazine groups is 1. The highest BCUT2D eigenvalue weighted by molar-refractivity contribution is 6.29. The van der Waals surface area contributed by atoms with E-state index in [0.29, 0.717) is 5.15 Å². The molecule has 0 aliphatic carbocycles. The first-order valence-electron chi connectivity index (χ1n) is 2.85. The van der Waals surface area contributed by atoms with Crippen molar-refractivity contribution in [1.82, 2.24) is 15.2 Å². The Bertz CT molecular complexity index is 263. The van der Waals surface area contributed by atoms with E-state index in [1.54, 1.807) is 7.05 Å². The van der Waals surface area contributed by atoms with Gasteiger partial charge in [0.15, 0.2) is 5.69 Å². The van der Waals surface area contributed by atoms with E-state index in [-0.39, 0.29) is 5.69 Å². The lowest BCUT2D eigenvalue weighted by molar-refractivity contribution is 0.0948. The zero-order valence-electron chi connectivity index (χ0n) is 5.84. The molecule has 0 radical (unpaired) electrons. The van der Waals surface area contributed by atoms with E-state index in [4.69, 9.17) is 17.4 Å². The average Bonchev–Trinajstić information content (AvgIpc) is 2.31. The molecule has 0 fully saturated rings. The molecule has 11 heavy (non-hydrogen) atoms. The zero-order chi connectivity index (χ0) is 8.43. The first-order valence-corrected chi connectivity index (χ1v) is 3.23. The van der Waals surface area contributed by atoms with Gasteiger partial charge in [0, 0.05) is 13.1 Å². The number of nitrogens with one attached hydrogen (secondary N) is 1. The number of nitrogens with zero attached hydrogens (tertiary/aromatic N) is 2. The molecule has 1 heterocycles. The molecular formula is C5H7ClN4O. The summed E-state index contributed by atoms with van der Waals surface area (Å²) < 4.78 is 1.38. The maximum absolute atomic E-state index is 10.8. The number of halogens is 1. The van der Waals surface area contributed by atoms with Gasteiger partial charge in [0.25, 0.3) is 5.91 Å². The highest BCUT2D eigenvalue weighted by Crippen LogP contribution is 2.08. The van der Waals surface area contributed by atoms with Gasteiger partial charge in [0.2, 0.25) is 0 Å². The van der Waals surface area contributed by atoms with Gasteiger partial charge in [-0.3, -0.25) is 14.9 Å². The average molecular weight is 175 g/mol. The van der Waals surface area contributed by atoms with Crippen LogP contribution >= 0.6 is 11.6 Å². The predicted molar refractivity (Wildman–Crippen MR) is 39.9 cm³/mol. The largest absolute Gasteiger partial charge is 0.289 e. The van der Waals surface area contributed by atoms with E-state index in [1.165, 1.54) is 10.7 Å². The fraction of sp³-hybridized carbons (Fsp3) is 0.200. The van der Waals surface area contributed by atoms with E-state index >= 15 is 0 Å². The van der Waals surface area contributed by atoms with Crippen molar-refractivity contribution in [3.63, 3.8) is 0 Å². The molecule has 60 valence electrons. The van der Waals surface area contributed by atoms with Gasteiger partial charge in [-0.25, -0.2) is 5.84 Å². The Labute approximate surface area is 68.1 Å². The zero-order valence-corrected chi connectivity index (χ0v) is 6.59. The molecule has 0 unspecified atom stereocenters. The van der Waals surface area contributed by atoms with E-state index in [1.807, 2.05) is 5.43 Å². The fourth-order valence-corrected chi connectivity index (χ4v) is 0.771. The quantitative estimate of drug-likeness (QED) is 0.348. The maximum Gasteiger partial charge on any atom is 0.285 e. The van der Waals surface area contributed by atoms with E-state index in [2.05, 4.69) is 5.10 Å². The van der Waals surface area contributed by atoms with Crippen molar-refractivity contribution in [3.05, 3.63) is 16.9 Å². The lowest BCUT2D eigenvalue weighted by Crippen LogP contribution is -2.30. The third kappa shape index (κ3) is 1.50. The molecule has 0 bridgehead atoms. The van der Waals surface area contributed by atoms with Gasteiger partial charge < -0.3 is 0 Å². The number of carbonyl (C=O) groups excluding carboxylic acids is 1. The van der Waals surface area contributed by atoms with Crippen molar-refractivity contribution in [1.29, 1.82) is 0 Å². The van der Waals surface area contributed by atoms with Crippen LogP contribution in [0, 0.1) is 0 Å². The molecule has 5 nitrogen and oxygen atoms in total. The summed E-state index contributed by atoms with van der Waals surface area (Å²) in [4.78, 5) is 10.8. The first kappa shape index (κ1) is 8.03. The Balaban J connectivity index is 2.97. The number of hydrogen-bond acceptors (Lipinski definition) is 3. The van der Waals surface area contributed by atoms with E-state index in [9.17, 15) is 4.79 Å². The van der Waals surface area contributed by atoms with Crippen molar-refractivity contribution in [2.45, 2.75) is 0 Å². The van der Waals surface area contributed by atoms with Gasteiger partial charge in [0.05, 0.1) is 0 Å². The Morgan fingerprint density at radius 3 is 2.91 bits per heavy atom. The molecule has 0 spiro atoms. The molecular weight excluding hydrogens is 168 g/mol. The minimum absolute atomic E-state index is 0.208. The minimum Gasteiger partial charge on any atom is -0.289 e. The molecule has 1 rings (SSSR count). The van der Waals surface area contributed by atoms with Crippen LogP contribution in [-0.2, 0) is 7.05 Å². The molecule has 0 aliphatic rings. The van der Waals surface area contributed by atoms with Gasteiger partial charge >= 0.3 is 0 Å². The van der Waals surface area contributed by atoms with Gasteiger partial charge in [-0.05, 0) is 0 Å². The summed E-state index contributed by atoms with van der Waals surface area (Å²) in [6.45, 7) is 0. The third-order valence-corrected chi connectivity index (χ3v) is 1.54. The first-order chi connectivity index (χ1) is 5.15. The maximum atomic E-state index is 10.8. The summed E-state index contributed by atoms with van der Waals surface area (Å²) in [7, 11) is 1.63. The molecule has 0 saturated carbocycles. The topological polar surface area (TPSA) is 72.9 Å². The molecule has 0 aliphatic heterocycles. The van der Waals surface area contributed by atoms with Gasteiger partial charge in [-0.15, -0.1) is 0 Å². The monoisotopic (exact) mass is 174 g/mol. The Morgan fingerprint density at radius 1 is 1.91 bits per heavy atom. The summed E-state index contributed by atoms with van der Waals surface area (Å²) >= 11 is 5.61. The summed E-state index contributed by atoms with van der Waals surface area (Å²) in [5, 5.41) is 4.17. The van der Waals surface area contributed by atoms with E-state index < -0.39 is 5.91 Å². The smallest absolute Gasteiger partial charge is 0.285 e. The van der Waals surface area contributed by atoms with Crippen molar-refractivity contribution in [2.24, 2.45) is 12.9 Å². The fourth-order valence-electron chi connectivity index (χ4n) is 0.629. The van der Waals surface area contributed by atoms with Crippen LogP contribution in [0.1, 0.15) is 10.5 Å². The lowest BCUT2D eigenvalue weighted by atomic mass is 10.4. The van der Waals surface area contributed by atoms with Crippen LogP contribution < -0.4 is 11.3 Å². The molecule has 1 aromatic heterocycles. The molecule has 6 heteroatoms.